The summed E-state index contributed by atoms with van der Waals surface area (Å²) in [6.07, 6.45) is 4.92. The molecule has 0 spiro atoms. The number of aliphatic carboxylic acids is 2. The first-order valence-corrected chi connectivity index (χ1v) is 9.78. The summed E-state index contributed by atoms with van der Waals surface area (Å²) in [5.41, 5.74) is -2.00. The van der Waals surface area contributed by atoms with Crippen LogP contribution in [0.4, 0.5) is 0 Å². The van der Waals surface area contributed by atoms with Crippen molar-refractivity contribution in [3.8, 4) is 0 Å². The lowest BCUT2D eigenvalue weighted by molar-refractivity contribution is -0.188. The highest BCUT2D eigenvalue weighted by molar-refractivity contribution is 5.94. The molecule has 2 N–H and O–H groups in total. The Hall–Kier alpha value is -2.38. The fourth-order valence-corrected chi connectivity index (χ4v) is 4.75. The zero-order valence-electron chi connectivity index (χ0n) is 17.7. The van der Waals surface area contributed by atoms with Crippen LogP contribution in [0, 0.1) is 35.5 Å². The molecule has 2 aliphatic rings. The van der Waals surface area contributed by atoms with E-state index in [0.717, 1.165) is 6.42 Å². The molecule has 0 aromatic heterocycles. The van der Waals surface area contributed by atoms with Crippen molar-refractivity contribution in [2.75, 3.05) is 0 Å². The Kier molecular flexibility index (Phi) is 6.16. The van der Waals surface area contributed by atoms with Crippen molar-refractivity contribution in [3.63, 3.8) is 0 Å². The molecule has 2 aliphatic carbocycles. The predicted octanol–water partition coefficient (Wildman–Crippen LogP) is 2.51. The molecule has 0 aliphatic heterocycles. The van der Waals surface area contributed by atoms with Gasteiger partial charge in [-0.25, -0.2) is 0 Å². The van der Waals surface area contributed by atoms with Crippen LogP contribution in [0.25, 0.3) is 0 Å². The molecule has 1 saturated carbocycles. The zero-order chi connectivity index (χ0) is 22.3. The van der Waals surface area contributed by atoms with E-state index in [1.165, 1.54) is 13.8 Å². The quantitative estimate of drug-likeness (QED) is 0.355. The topological polar surface area (TPSA) is 127 Å². The van der Waals surface area contributed by atoms with Crippen LogP contribution < -0.4 is 0 Å². The van der Waals surface area contributed by atoms with Gasteiger partial charge in [0.2, 0.25) is 0 Å². The summed E-state index contributed by atoms with van der Waals surface area (Å²) >= 11 is 0. The van der Waals surface area contributed by atoms with Gasteiger partial charge in [-0.2, -0.15) is 0 Å². The maximum Gasteiger partial charge on any atom is 0.320 e. The summed E-state index contributed by atoms with van der Waals surface area (Å²) in [4.78, 5) is 46.8. The first-order valence-electron chi connectivity index (χ1n) is 9.78. The van der Waals surface area contributed by atoms with Crippen LogP contribution in [0.15, 0.2) is 12.2 Å². The predicted molar refractivity (Wildman–Crippen MR) is 102 cm³/mol. The van der Waals surface area contributed by atoms with Crippen molar-refractivity contribution < 1.29 is 38.9 Å². The largest absolute Gasteiger partial charge is 0.481 e. The van der Waals surface area contributed by atoms with Gasteiger partial charge in [-0.15, -0.1) is 0 Å². The molecule has 0 radical (unpaired) electrons. The van der Waals surface area contributed by atoms with Gasteiger partial charge in [-0.05, 0) is 59.8 Å². The molecule has 1 fully saturated rings. The van der Waals surface area contributed by atoms with Crippen LogP contribution in [0.5, 0.6) is 0 Å². The number of esters is 2. The van der Waals surface area contributed by atoms with Gasteiger partial charge >= 0.3 is 23.9 Å². The highest BCUT2D eigenvalue weighted by Crippen LogP contribution is 2.57. The monoisotopic (exact) mass is 410 g/mol. The average molecular weight is 410 g/mol. The normalized spacial score (nSPS) is 27.9. The van der Waals surface area contributed by atoms with Crippen molar-refractivity contribution in [2.24, 2.45) is 35.5 Å². The van der Waals surface area contributed by atoms with Crippen molar-refractivity contribution in [2.45, 2.75) is 59.2 Å². The highest BCUT2D eigenvalue weighted by atomic mass is 16.6. The number of carboxylic acid groups (broad SMARTS) is 2. The molecule has 8 nitrogen and oxygen atoms in total. The van der Waals surface area contributed by atoms with E-state index in [0.29, 0.717) is 0 Å². The Morgan fingerprint density at radius 1 is 0.793 bits per heavy atom. The number of hydrogen-bond donors (Lipinski definition) is 2. The smallest absolute Gasteiger partial charge is 0.320 e. The molecule has 0 aromatic carbocycles. The standard InChI is InChI=1S/C21H30O8/c1-10(16(22)23)18(26)28-20(3,4)14-12-7-8-13(9-12)15(14)21(5,6)29-19(27)11(2)17(24)25/h7-8,10-15H,9H2,1-6H3,(H,22,23)(H,24,25). The van der Waals surface area contributed by atoms with E-state index in [1.54, 1.807) is 27.7 Å². The number of hydrogen-bond acceptors (Lipinski definition) is 6. The van der Waals surface area contributed by atoms with E-state index in [-0.39, 0.29) is 23.7 Å². The number of carboxylic acids is 2. The first kappa shape index (κ1) is 22.9. The summed E-state index contributed by atoms with van der Waals surface area (Å²) in [5.74, 6) is -6.99. The second-order valence-corrected chi connectivity index (χ2v) is 9.17. The third-order valence-electron chi connectivity index (χ3n) is 6.24. The lowest BCUT2D eigenvalue weighted by Crippen LogP contribution is -2.52. The minimum absolute atomic E-state index is 0.0859. The number of carbonyl (C=O) groups is 4. The summed E-state index contributed by atoms with van der Waals surface area (Å²) < 4.78 is 11.3. The Bertz CT molecular complexity index is 675. The summed E-state index contributed by atoms with van der Waals surface area (Å²) in [7, 11) is 0. The molecule has 0 amide bonds. The van der Waals surface area contributed by atoms with Crippen LogP contribution in [-0.4, -0.2) is 45.3 Å². The van der Waals surface area contributed by atoms with Crippen molar-refractivity contribution in [1.29, 1.82) is 0 Å². The number of fused-ring (bicyclic) bond motifs is 2. The molecule has 29 heavy (non-hydrogen) atoms. The Morgan fingerprint density at radius 3 is 1.38 bits per heavy atom. The fraction of sp³-hybridized carbons (Fsp3) is 0.714. The van der Waals surface area contributed by atoms with Gasteiger partial charge in [0.25, 0.3) is 0 Å². The molecule has 6 unspecified atom stereocenters. The van der Waals surface area contributed by atoms with Gasteiger partial charge in [0.1, 0.15) is 11.2 Å². The van der Waals surface area contributed by atoms with Crippen molar-refractivity contribution in [1.82, 2.24) is 0 Å². The van der Waals surface area contributed by atoms with E-state index >= 15 is 0 Å². The Balaban J connectivity index is 2.27. The van der Waals surface area contributed by atoms with Gasteiger partial charge in [-0.3, -0.25) is 19.2 Å². The molecule has 6 atom stereocenters. The Morgan fingerprint density at radius 2 is 1.10 bits per heavy atom. The van der Waals surface area contributed by atoms with Crippen LogP contribution in [0.2, 0.25) is 0 Å². The maximum atomic E-state index is 12.3. The molecule has 0 saturated heterocycles. The lowest BCUT2D eigenvalue weighted by Gasteiger charge is -2.46. The number of carbonyl (C=O) groups excluding carboxylic acids is 2. The molecule has 8 heteroatoms. The van der Waals surface area contributed by atoms with Crippen LogP contribution in [0.3, 0.4) is 0 Å². The minimum Gasteiger partial charge on any atom is -0.481 e. The minimum atomic E-state index is -1.29. The fourth-order valence-electron chi connectivity index (χ4n) is 4.75. The van der Waals surface area contributed by atoms with E-state index < -0.39 is 46.9 Å². The van der Waals surface area contributed by atoms with Gasteiger partial charge in [0.05, 0.1) is 0 Å². The van der Waals surface area contributed by atoms with Crippen molar-refractivity contribution >= 4 is 23.9 Å². The van der Waals surface area contributed by atoms with E-state index in [1.807, 2.05) is 0 Å². The first-order chi connectivity index (χ1) is 13.2. The summed E-state index contributed by atoms with van der Waals surface area (Å²) in [5, 5.41) is 18.2. The van der Waals surface area contributed by atoms with E-state index in [4.69, 9.17) is 19.7 Å². The third-order valence-corrected chi connectivity index (χ3v) is 6.24. The molecular formula is C21H30O8. The van der Waals surface area contributed by atoms with Gasteiger partial charge < -0.3 is 19.7 Å². The molecule has 2 bridgehead atoms. The van der Waals surface area contributed by atoms with Crippen LogP contribution in [0.1, 0.15) is 48.0 Å². The van der Waals surface area contributed by atoms with Crippen molar-refractivity contribution in [3.05, 3.63) is 12.2 Å². The second kappa shape index (κ2) is 7.80. The SMILES string of the molecule is CC(C(=O)O)C(=O)OC(C)(C)C1C2C=CC(C2)C1C(C)(C)OC(=O)C(C)C(=O)O. The summed E-state index contributed by atoms with van der Waals surface area (Å²) in [6.45, 7) is 9.51. The molecule has 2 rings (SSSR count). The highest BCUT2D eigenvalue weighted by Gasteiger charge is 2.58. The van der Waals surface area contributed by atoms with Crippen LogP contribution in [-0.2, 0) is 28.7 Å². The zero-order valence-corrected chi connectivity index (χ0v) is 17.7. The van der Waals surface area contributed by atoms with E-state index in [9.17, 15) is 19.2 Å². The maximum absolute atomic E-state index is 12.3. The van der Waals surface area contributed by atoms with Gasteiger partial charge in [-0.1, -0.05) is 12.2 Å². The van der Waals surface area contributed by atoms with E-state index in [2.05, 4.69) is 12.2 Å². The molecule has 0 heterocycles. The van der Waals surface area contributed by atoms with Gasteiger partial charge in [0, 0.05) is 11.8 Å². The molecule has 0 aromatic rings. The van der Waals surface area contributed by atoms with Gasteiger partial charge in [0.15, 0.2) is 11.8 Å². The lowest BCUT2D eigenvalue weighted by atomic mass is 9.67. The second-order valence-electron chi connectivity index (χ2n) is 9.17. The third kappa shape index (κ3) is 4.46. The number of rotatable bonds is 8. The van der Waals surface area contributed by atoms with Crippen LogP contribution >= 0.6 is 0 Å². The Labute approximate surface area is 170 Å². The number of ether oxygens (including phenoxy) is 2. The molecular weight excluding hydrogens is 380 g/mol. The summed E-state index contributed by atoms with van der Waals surface area (Å²) in [6, 6.07) is 0. The number of allylic oxidation sites excluding steroid dienone is 2. The average Bonchev–Trinajstić information content (AvgIpc) is 3.20. The molecule has 162 valence electrons.